The molecule has 0 aliphatic rings. The summed E-state index contributed by atoms with van der Waals surface area (Å²) >= 11 is 13.1. The number of hydrogen-bond donors (Lipinski definition) is 0. The summed E-state index contributed by atoms with van der Waals surface area (Å²) in [5, 5.41) is 5.33. The Balaban J connectivity index is 2.15. The number of ether oxygens (including phenoxy) is 2. The molecule has 1 atom stereocenters. The molecule has 10 heteroatoms. The molecule has 7 nitrogen and oxygen atoms in total. The largest absolute Gasteiger partial charge is 0.477 e. The van der Waals surface area contributed by atoms with Gasteiger partial charge in [0.25, 0.3) is 5.56 Å². The van der Waals surface area contributed by atoms with E-state index >= 15 is 0 Å². The van der Waals surface area contributed by atoms with Gasteiger partial charge in [0.05, 0.1) is 28.2 Å². The van der Waals surface area contributed by atoms with Gasteiger partial charge in [0.15, 0.2) is 6.10 Å². The zero-order chi connectivity index (χ0) is 25.2. The second-order valence-electron chi connectivity index (χ2n) is 8.53. The average molecular weight is 614 g/mol. The summed E-state index contributed by atoms with van der Waals surface area (Å²) in [7, 11) is 0. The number of benzene rings is 2. The van der Waals surface area contributed by atoms with Crippen molar-refractivity contribution in [2.75, 3.05) is 6.61 Å². The first-order valence-electron chi connectivity index (χ1n) is 10.5. The van der Waals surface area contributed by atoms with Crippen molar-refractivity contribution in [2.45, 2.75) is 46.1 Å². The molecule has 34 heavy (non-hydrogen) atoms. The van der Waals surface area contributed by atoms with Gasteiger partial charge in [0.1, 0.15) is 11.6 Å². The van der Waals surface area contributed by atoms with Crippen LogP contribution in [-0.4, -0.2) is 34.6 Å². The Morgan fingerprint density at radius 3 is 2.62 bits per heavy atom. The lowest BCUT2D eigenvalue weighted by molar-refractivity contribution is -0.150. The Hall–Kier alpha value is -2.23. The number of hydrogen-bond acceptors (Lipinski definition) is 6. The first-order valence-corrected chi connectivity index (χ1v) is 12.5. The molecular weight excluding hydrogens is 590 g/mol. The van der Waals surface area contributed by atoms with E-state index in [9.17, 15) is 9.59 Å². The lowest BCUT2D eigenvalue weighted by Crippen LogP contribution is -2.29. The zero-order valence-electron chi connectivity index (χ0n) is 19.4. The smallest absolute Gasteiger partial charge is 0.347 e. The van der Waals surface area contributed by atoms with Crippen molar-refractivity contribution >= 4 is 66.5 Å². The van der Waals surface area contributed by atoms with Crippen LogP contribution in [0.25, 0.3) is 10.9 Å². The van der Waals surface area contributed by atoms with Crippen LogP contribution in [0.15, 0.2) is 49.2 Å². The first kappa shape index (κ1) is 26.4. The minimum atomic E-state index is -0.864. The van der Waals surface area contributed by atoms with Crippen LogP contribution in [0.5, 0.6) is 5.75 Å². The fourth-order valence-electron chi connectivity index (χ4n) is 3.15. The molecule has 0 aliphatic carbocycles. The molecule has 0 N–H and O–H groups in total. The van der Waals surface area contributed by atoms with Crippen molar-refractivity contribution in [1.82, 2.24) is 9.66 Å². The van der Waals surface area contributed by atoms with Crippen molar-refractivity contribution in [3.63, 3.8) is 0 Å². The molecule has 0 saturated heterocycles. The molecule has 0 bridgehead atoms. The van der Waals surface area contributed by atoms with Crippen LogP contribution >= 0.6 is 43.5 Å². The highest BCUT2D eigenvalue weighted by atomic mass is 79.9. The summed E-state index contributed by atoms with van der Waals surface area (Å²) in [6.45, 7) is 9.42. The molecule has 1 heterocycles. The van der Waals surface area contributed by atoms with E-state index in [0.717, 1.165) is 4.47 Å². The van der Waals surface area contributed by atoms with E-state index in [1.54, 1.807) is 38.1 Å². The maximum atomic E-state index is 13.4. The molecule has 1 aromatic heterocycles. The molecule has 0 fully saturated rings. The van der Waals surface area contributed by atoms with E-state index < -0.39 is 17.5 Å². The predicted molar refractivity (Wildman–Crippen MR) is 141 cm³/mol. The fourth-order valence-corrected chi connectivity index (χ4v) is 4.43. The molecule has 0 aliphatic heterocycles. The Labute approximate surface area is 219 Å². The van der Waals surface area contributed by atoms with Crippen molar-refractivity contribution in [1.29, 1.82) is 0 Å². The number of aromatic nitrogens is 2. The molecule has 0 saturated carbocycles. The van der Waals surface area contributed by atoms with Crippen molar-refractivity contribution in [3.05, 3.63) is 66.0 Å². The van der Waals surface area contributed by atoms with E-state index in [1.807, 2.05) is 26.8 Å². The van der Waals surface area contributed by atoms with Crippen LogP contribution in [0.1, 0.15) is 46.0 Å². The predicted octanol–water partition coefficient (Wildman–Crippen LogP) is 6.09. The third-order valence-electron chi connectivity index (χ3n) is 4.74. The van der Waals surface area contributed by atoms with Crippen LogP contribution < -0.4 is 10.3 Å². The molecule has 2 aromatic carbocycles. The minimum absolute atomic E-state index is 0.242. The Morgan fingerprint density at radius 1 is 1.26 bits per heavy atom. The number of fused-ring (bicyclic) bond motifs is 1. The molecule has 3 rings (SSSR count). The zero-order valence-corrected chi connectivity index (χ0v) is 23.3. The highest BCUT2D eigenvalue weighted by Crippen LogP contribution is 2.33. The number of halogens is 3. The molecule has 0 amide bonds. The van der Waals surface area contributed by atoms with Gasteiger partial charge in [0, 0.05) is 20.5 Å². The van der Waals surface area contributed by atoms with E-state index in [-0.39, 0.29) is 12.2 Å². The molecule has 0 spiro atoms. The van der Waals surface area contributed by atoms with Crippen LogP contribution in [0.4, 0.5) is 0 Å². The summed E-state index contributed by atoms with van der Waals surface area (Å²) in [5.74, 6) is 0.338. The van der Waals surface area contributed by atoms with Gasteiger partial charge < -0.3 is 9.47 Å². The van der Waals surface area contributed by atoms with Crippen molar-refractivity contribution < 1.29 is 14.3 Å². The second kappa shape index (κ2) is 10.6. The van der Waals surface area contributed by atoms with Crippen LogP contribution in [0.2, 0.25) is 5.02 Å². The SMILES string of the molecule is CCOC(=O)[C@H](C)Oc1c(Br)cc(Cl)cc1C=Nn1c(C(C)(C)C)nc2ccc(Br)cc2c1=O. The van der Waals surface area contributed by atoms with Crippen LogP contribution in [0.3, 0.4) is 0 Å². The number of nitrogens with zero attached hydrogens (tertiary/aromatic N) is 3. The molecule has 3 aromatic rings. The second-order valence-corrected chi connectivity index (χ2v) is 10.7. The van der Waals surface area contributed by atoms with E-state index in [0.29, 0.717) is 37.5 Å². The van der Waals surface area contributed by atoms with Crippen LogP contribution in [-0.2, 0) is 14.9 Å². The molecule has 0 unspecified atom stereocenters. The summed E-state index contributed by atoms with van der Waals surface area (Å²) in [6, 6.07) is 8.63. The Morgan fingerprint density at radius 2 is 1.97 bits per heavy atom. The monoisotopic (exact) mass is 611 g/mol. The standard InChI is InChI=1S/C24H24Br2ClN3O4/c1-6-33-22(32)13(2)34-20-14(9-16(27)11-18(20)26)12-28-30-21(31)17-10-15(25)7-8-19(17)29-23(30)24(3,4)5/h7-13H,6H2,1-5H3/t13-/m0/s1. The van der Waals surface area contributed by atoms with Crippen LogP contribution in [0, 0.1) is 0 Å². The highest BCUT2D eigenvalue weighted by molar-refractivity contribution is 9.10. The number of carbonyl (C=O) groups excluding carboxylic acids is 1. The number of esters is 1. The average Bonchev–Trinajstić information content (AvgIpc) is 2.74. The quantitative estimate of drug-likeness (QED) is 0.249. The molecule has 180 valence electrons. The maximum absolute atomic E-state index is 13.4. The minimum Gasteiger partial charge on any atom is -0.477 e. The van der Waals surface area contributed by atoms with Gasteiger partial charge in [-0.1, -0.05) is 48.3 Å². The third kappa shape index (κ3) is 5.87. The number of carbonyl (C=O) groups is 1. The van der Waals surface area contributed by atoms with Gasteiger partial charge in [-0.05, 0) is 60.1 Å². The summed E-state index contributed by atoms with van der Waals surface area (Å²) in [6.07, 6.45) is 0.600. The number of rotatable bonds is 6. The Bertz CT molecular complexity index is 1330. The van der Waals surface area contributed by atoms with Crippen molar-refractivity contribution in [2.24, 2.45) is 5.10 Å². The lowest BCUT2D eigenvalue weighted by atomic mass is 9.95. The van der Waals surface area contributed by atoms with Crippen molar-refractivity contribution in [3.8, 4) is 5.75 Å². The summed E-state index contributed by atoms with van der Waals surface area (Å²) in [5.41, 5.74) is 0.277. The fraction of sp³-hybridized carbons (Fsp3) is 0.333. The summed E-state index contributed by atoms with van der Waals surface area (Å²) in [4.78, 5) is 30.2. The van der Waals surface area contributed by atoms with E-state index in [1.165, 1.54) is 10.9 Å². The van der Waals surface area contributed by atoms with E-state index in [4.69, 9.17) is 26.1 Å². The summed E-state index contributed by atoms with van der Waals surface area (Å²) < 4.78 is 13.5. The van der Waals surface area contributed by atoms with Gasteiger partial charge >= 0.3 is 5.97 Å². The topological polar surface area (TPSA) is 82.8 Å². The molecular formula is C24H24Br2ClN3O4. The van der Waals surface area contributed by atoms with Gasteiger partial charge in [-0.3, -0.25) is 4.79 Å². The van der Waals surface area contributed by atoms with Gasteiger partial charge in [-0.15, -0.1) is 0 Å². The van der Waals surface area contributed by atoms with E-state index in [2.05, 4.69) is 37.0 Å². The normalized spacial score (nSPS) is 12.8. The molecule has 0 radical (unpaired) electrons. The first-order chi connectivity index (χ1) is 15.9. The third-order valence-corrected chi connectivity index (χ3v) is 6.04. The Kier molecular flexibility index (Phi) is 8.21. The highest BCUT2D eigenvalue weighted by Gasteiger charge is 2.24. The maximum Gasteiger partial charge on any atom is 0.347 e. The van der Waals surface area contributed by atoms with Gasteiger partial charge in [-0.2, -0.15) is 9.78 Å². The van der Waals surface area contributed by atoms with Gasteiger partial charge in [0.2, 0.25) is 0 Å². The lowest BCUT2D eigenvalue weighted by Gasteiger charge is -2.21. The van der Waals surface area contributed by atoms with Gasteiger partial charge in [-0.25, -0.2) is 9.78 Å².